The molecular weight excluding hydrogens is 364 g/mol. The number of hydrogen-bond donors (Lipinski definition) is 0. The van der Waals surface area contributed by atoms with Gasteiger partial charge >= 0.3 is 0 Å². The molecule has 0 atom stereocenters. The molecule has 0 aliphatic carbocycles. The summed E-state index contributed by atoms with van der Waals surface area (Å²) >= 11 is 3.61. The highest BCUT2D eigenvalue weighted by molar-refractivity contribution is 9.10. The molecule has 24 heavy (non-hydrogen) atoms. The van der Waals surface area contributed by atoms with Gasteiger partial charge in [-0.05, 0) is 57.2 Å². The Hall–Kier alpha value is -2.79. The van der Waals surface area contributed by atoms with Crippen LogP contribution in [0.25, 0.3) is 16.5 Å². The summed E-state index contributed by atoms with van der Waals surface area (Å²) in [6.45, 7) is 0. The first kappa shape index (κ1) is 14.8. The number of halogens is 1. The number of rotatable bonds is 3. The second-order valence-corrected chi connectivity index (χ2v) is 6.20. The van der Waals surface area contributed by atoms with Crippen molar-refractivity contribution in [3.05, 3.63) is 83.6 Å². The second-order valence-electron chi connectivity index (χ2n) is 5.35. The Morgan fingerprint density at radius 2 is 1.92 bits per heavy atom. The lowest BCUT2D eigenvalue weighted by Crippen LogP contribution is -1.92. The monoisotopic (exact) mass is 376 g/mol. The van der Waals surface area contributed by atoms with Crippen LogP contribution >= 0.6 is 15.9 Å². The fraction of sp³-hybridized carbons (Fsp3) is 0. The number of benzene rings is 2. The normalized spacial score (nSPS) is 11.4. The van der Waals surface area contributed by atoms with Crippen molar-refractivity contribution in [2.45, 2.75) is 0 Å². The lowest BCUT2D eigenvalue weighted by atomic mass is 10.1. The molecule has 5 heteroatoms. The predicted molar refractivity (Wildman–Crippen MR) is 100 cm³/mol. The van der Waals surface area contributed by atoms with E-state index in [1.54, 1.807) is 18.7 Å². The van der Waals surface area contributed by atoms with E-state index in [9.17, 15) is 0 Å². The van der Waals surface area contributed by atoms with Crippen molar-refractivity contribution in [1.29, 1.82) is 0 Å². The van der Waals surface area contributed by atoms with E-state index in [-0.39, 0.29) is 0 Å². The second kappa shape index (κ2) is 6.37. The van der Waals surface area contributed by atoms with E-state index in [2.05, 4.69) is 37.0 Å². The Morgan fingerprint density at radius 1 is 0.958 bits per heavy atom. The van der Waals surface area contributed by atoms with Crippen molar-refractivity contribution < 1.29 is 0 Å². The number of aromatic nitrogens is 3. The van der Waals surface area contributed by atoms with Gasteiger partial charge in [0, 0.05) is 40.9 Å². The SMILES string of the molecule is Brc1cc(/C=N/c2ccc3ccncc3c2)ccc1-n1ccnc1. The maximum atomic E-state index is 4.57. The molecule has 0 unspecified atom stereocenters. The van der Waals surface area contributed by atoms with Crippen molar-refractivity contribution >= 4 is 38.6 Å². The summed E-state index contributed by atoms with van der Waals surface area (Å²) in [5, 5.41) is 2.25. The topological polar surface area (TPSA) is 43.1 Å². The predicted octanol–water partition coefficient (Wildman–Crippen LogP) is 4.93. The van der Waals surface area contributed by atoms with Gasteiger partial charge in [-0.25, -0.2) is 4.98 Å². The minimum absolute atomic E-state index is 0.908. The fourth-order valence-electron chi connectivity index (χ4n) is 2.52. The van der Waals surface area contributed by atoms with Crippen LogP contribution in [0.15, 0.2) is 83.0 Å². The van der Waals surface area contributed by atoms with Gasteiger partial charge in [-0.2, -0.15) is 0 Å². The zero-order chi connectivity index (χ0) is 16.4. The third kappa shape index (κ3) is 2.98. The summed E-state index contributed by atoms with van der Waals surface area (Å²) in [7, 11) is 0. The molecular formula is C19H13BrN4. The Bertz CT molecular complexity index is 1020. The maximum Gasteiger partial charge on any atom is 0.0992 e. The molecule has 0 bridgehead atoms. The number of nitrogens with zero attached hydrogens (tertiary/aromatic N) is 4. The summed E-state index contributed by atoms with van der Waals surface area (Å²) in [6, 6.07) is 14.2. The van der Waals surface area contributed by atoms with E-state index >= 15 is 0 Å². The Kier molecular flexibility index (Phi) is 3.92. The molecule has 0 amide bonds. The van der Waals surface area contributed by atoms with Gasteiger partial charge in [0.15, 0.2) is 0 Å². The molecule has 4 aromatic rings. The van der Waals surface area contributed by atoms with Crippen molar-refractivity contribution in [3.63, 3.8) is 0 Å². The van der Waals surface area contributed by atoms with Crippen LogP contribution in [-0.2, 0) is 0 Å². The third-order valence-corrected chi connectivity index (χ3v) is 4.38. The molecule has 2 aromatic heterocycles. The summed E-state index contributed by atoms with van der Waals surface area (Å²) in [5.74, 6) is 0. The summed E-state index contributed by atoms with van der Waals surface area (Å²) in [6.07, 6.45) is 11.0. The van der Waals surface area contributed by atoms with Gasteiger partial charge in [-0.1, -0.05) is 12.1 Å². The van der Waals surface area contributed by atoms with Crippen LogP contribution in [0.1, 0.15) is 5.56 Å². The van der Waals surface area contributed by atoms with Crippen LogP contribution < -0.4 is 0 Å². The summed E-state index contributed by atoms with van der Waals surface area (Å²) in [4.78, 5) is 12.8. The molecule has 0 saturated carbocycles. The third-order valence-electron chi connectivity index (χ3n) is 3.74. The molecule has 0 aliphatic rings. The summed E-state index contributed by atoms with van der Waals surface area (Å²) in [5.41, 5.74) is 2.98. The first-order valence-electron chi connectivity index (χ1n) is 7.45. The number of imidazole rings is 1. The van der Waals surface area contributed by atoms with Gasteiger partial charge in [0.2, 0.25) is 0 Å². The molecule has 4 nitrogen and oxygen atoms in total. The van der Waals surface area contributed by atoms with Crippen LogP contribution in [0.4, 0.5) is 5.69 Å². The van der Waals surface area contributed by atoms with Crippen LogP contribution in [0.2, 0.25) is 0 Å². The summed E-state index contributed by atoms with van der Waals surface area (Å²) < 4.78 is 2.95. The highest BCUT2D eigenvalue weighted by Gasteiger charge is 2.02. The smallest absolute Gasteiger partial charge is 0.0992 e. The molecule has 4 rings (SSSR count). The molecule has 0 fully saturated rings. The lowest BCUT2D eigenvalue weighted by Gasteiger charge is -2.06. The van der Waals surface area contributed by atoms with Gasteiger partial charge < -0.3 is 4.57 Å². The van der Waals surface area contributed by atoms with Gasteiger partial charge in [0.05, 0.1) is 17.7 Å². The van der Waals surface area contributed by atoms with E-state index in [0.29, 0.717) is 0 Å². The van der Waals surface area contributed by atoms with Crippen molar-refractivity contribution in [3.8, 4) is 5.69 Å². The number of pyridine rings is 1. The maximum absolute atomic E-state index is 4.57. The lowest BCUT2D eigenvalue weighted by molar-refractivity contribution is 1.05. The Morgan fingerprint density at radius 3 is 2.75 bits per heavy atom. The zero-order valence-corrected chi connectivity index (χ0v) is 14.3. The molecule has 0 spiro atoms. The van der Waals surface area contributed by atoms with Crippen molar-refractivity contribution in [2.75, 3.05) is 0 Å². The van der Waals surface area contributed by atoms with Crippen LogP contribution in [-0.4, -0.2) is 20.7 Å². The Balaban J connectivity index is 1.62. The number of aliphatic imine (C=N–C) groups is 1. The van der Waals surface area contributed by atoms with E-state index in [1.165, 1.54) is 0 Å². The molecule has 2 aromatic carbocycles. The van der Waals surface area contributed by atoms with Gasteiger partial charge in [0.1, 0.15) is 0 Å². The molecule has 0 N–H and O–H groups in total. The minimum Gasteiger partial charge on any atom is -0.305 e. The quantitative estimate of drug-likeness (QED) is 0.475. The average Bonchev–Trinajstić information content (AvgIpc) is 3.14. The van der Waals surface area contributed by atoms with Gasteiger partial charge in [0.25, 0.3) is 0 Å². The van der Waals surface area contributed by atoms with Crippen LogP contribution in [0.5, 0.6) is 0 Å². The standard InChI is InChI=1S/C19H13BrN4/c20-18-9-14(1-4-19(18)24-8-7-22-13-24)11-23-17-3-2-15-5-6-21-12-16(15)10-17/h1-13H/b23-11+. The molecule has 0 aliphatic heterocycles. The van der Waals surface area contributed by atoms with Crippen LogP contribution in [0.3, 0.4) is 0 Å². The molecule has 0 saturated heterocycles. The first-order chi connectivity index (χ1) is 11.8. The minimum atomic E-state index is 0.908. The van der Waals surface area contributed by atoms with Gasteiger partial charge in [-0.15, -0.1) is 0 Å². The largest absolute Gasteiger partial charge is 0.305 e. The highest BCUT2D eigenvalue weighted by Crippen LogP contribution is 2.23. The zero-order valence-electron chi connectivity index (χ0n) is 12.7. The number of fused-ring (bicyclic) bond motifs is 1. The van der Waals surface area contributed by atoms with Gasteiger partial charge in [-0.3, -0.25) is 9.98 Å². The van der Waals surface area contributed by atoms with Crippen molar-refractivity contribution in [1.82, 2.24) is 14.5 Å². The van der Waals surface area contributed by atoms with Crippen molar-refractivity contribution in [2.24, 2.45) is 4.99 Å². The molecule has 0 radical (unpaired) electrons. The first-order valence-corrected chi connectivity index (χ1v) is 8.25. The molecule has 116 valence electrons. The highest BCUT2D eigenvalue weighted by atomic mass is 79.9. The van der Waals surface area contributed by atoms with E-state index < -0.39 is 0 Å². The van der Waals surface area contributed by atoms with E-state index in [1.807, 2.05) is 59.6 Å². The molecule has 2 heterocycles. The number of hydrogen-bond acceptors (Lipinski definition) is 3. The average molecular weight is 377 g/mol. The van der Waals surface area contributed by atoms with E-state index in [0.717, 1.165) is 32.2 Å². The fourth-order valence-corrected chi connectivity index (χ4v) is 3.12. The van der Waals surface area contributed by atoms with E-state index in [4.69, 9.17) is 0 Å². The Labute approximate surface area is 147 Å². The van der Waals surface area contributed by atoms with Crippen LogP contribution in [0, 0.1) is 0 Å².